The molecule has 3 aromatic rings. The van der Waals surface area contributed by atoms with Gasteiger partial charge in [0.2, 0.25) is 0 Å². The average molecular weight is 568 g/mol. The van der Waals surface area contributed by atoms with E-state index in [9.17, 15) is 13.2 Å². The molecule has 1 heterocycles. The second-order valence-electron chi connectivity index (χ2n) is 10.7. The molecule has 1 aliphatic rings. The number of rotatable bonds is 9. The first-order valence-electron chi connectivity index (χ1n) is 13.4. The molecule has 3 aromatic carbocycles. The van der Waals surface area contributed by atoms with E-state index in [2.05, 4.69) is 0 Å². The molecule has 0 aromatic heterocycles. The molecule has 8 nitrogen and oxygen atoms in total. The van der Waals surface area contributed by atoms with Gasteiger partial charge in [-0.05, 0) is 57.0 Å². The fourth-order valence-corrected chi connectivity index (χ4v) is 5.26. The summed E-state index contributed by atoms with van der Waals surface area (Å²) in [6, 6.07) is 23.7. The van der Waals surface area contributed by atoms with Gasteiger partial charge in [0.15, 0.2) is 6.10 Å². The van der Waals surface area contributed by atoms with E-state index in [0.717, 1.165) is 16.7 Å². The third-order valence-corrected chi connectivity index (χ3v) is 7.68. The Hall–Kier alpha value is -3.40. The van der Waals surface area contributed by atoms with Crippen LogP contribution in [0.15, 0.2) is 83.8 Å². The van der Waals surface area contributed by atoms with Crippen molar-refractivity contribution in [2.75, 3.05) is 26.3 Å². The Morgan fingerprint density at radius 3 is 2.38 bits per heavy atom. The lowest BCUT2D eigenvalue weighted by Crippen LogP contribution is -2.50. The Balaban J connectivity index is 1.50. The van der Waals surface area contributed by atoms with Crippen LogP contribution in [0.4, 0.5) is 4.79 Å². The second kappa shape index (κ2) is 12.8. The van der Waals surface area contributed by atoms with Crippen LogP contribution in [0, 0.1) is 6.92 Å². The molecule has 0 unspecified atom stereocenters. The Morgan fingerprint density at radius 2 is 1.68 bits per heavy atom. The Labute approximate surface area is 236 Å². The molecule has 1 saturated heterocycles. The van der Waals surface area contributed by atoms with E-state index in [0.29, 0.717) is 31.9 Å². The van der Waals surface area contributed by atoms with Crippen LogP contribution >= 0.6 is 0 Å². The molecule has 1 aliphatic heterocycles. The fourth-order valence-electron chi connectivity index (χ4n) is 4.35. The zero-order valence-corrected chi connectivity index (χ0v) is 24.2. The van der Waals surface area contributed by atoms with E-state index in [-0.39, 0.29) is 17.6 Å². The summed E-state index contributed by atoms with van der Waals surface area (Å²) in [6.45, 7) is 8.44. The van der Waals surface area contributed by atoms with Crippen molar-refractivity contribution in [1.29, 1.82) is 0 Å². The first-order chi connectivity index (χ1) is 19.0. The third-order valence-electron chi connectivity index (χ3n) is 6.36. The van der Waals surface area contributed by atoms with Gasteiger partial charge < -0.3 is 19.1 Å². The fraction of sp³-hybridized carbons (Fsp3) is 0.387. The number of amides is 1. The van der Waals surface area contributed by atoms with E-state index in [4.69, 9.17) is 18.4 Å². The van der Waals surface area contributed by atoms with Gasteiger partial charge in [-0.2, -0.15) is 8.42 Å². The lowest BCUT2D eigenvalue weighted by atomic mass is 10.0. The number of ether oxygens (including phenoxy) is 3. The summed E-state index contributed by atoms with van der Waals surface area (Å²) in [5, 5.41) is 0. The molecule has 0 N–H and O–H groups in total. The zero-order valence-electron chi connectivity index (χ0n) is 23.4. The predicted molar refractivity (Wildman–Crippen MR) is 152 cm³/mol. The Morgan fingerprint density at radius 1 is 1.00 bits per heavy atom. The minimum Gasteiger partial charge on any atom is -0.483 e. The smallest absolute Gasteiger partial charge is 0.410 e. The maximum atomic E-state index is 12.8. The minimum absolute atomic E-state index is 0.0427. The summed E-state index contributed by atoms with van der Waals surface area (Å²) in [6.07, 6.45) is -1.04. The van der Waals surface area contributed by atoms with Crippen LogP contribution in [0.25, 0.3) is 0 Å². The lowest BCUT2D eigenvalue weighted by Gasteiger charge is -2.37. The maximum Gasteiger partial charge on any atom is 0.410 e. The van der Waals surface area contributed by atoms with Gasteiger partial charge in [0, 0.05) is 13.0 Å². The van der Waals surface area contributed by atoms with Gasteiger partial charge >= 0.3 is 6.09 Å². The maximum absolute atomic E-state index is 12.8. The summed E-state index contributed by atoms with van der Waals surface area (Å²) in [5.74, 6) is 0.589. The van der Waals surface area contributed by atoms with Crippen LogP contribution in [0.3, 0.4) is 0 Å². The van der Waals surface area contributed by atoms with Gasteiger partial charge in [0.05, 0.1) is 24.7 Å². The van der Waals surface area contributed by atoms with Crippen LogP contribution in [-0.4, -0.2) is 57.4 Å². The summed E-state index contributed by atoms with van der Waals surface area (Å²) >= 11 is 0. The van der Waals surface area contributed by atoms with Gasteiger partial charge in [0.1, 0.15) is 17.5 Å². The first-order valence-corrected chi connectivity index (χ1v) is 14.8. The third kappa shape index (κ3) is 8.06. The second-order valence-corrected chi connectivity index (χ2v) is 12.3. The van der Waals surface area contributed by atoms with E-state index in [1.807, 2.05) is 82.3 Å². The molecular weight excluding hydrogens is 530 g/mol. The van der Waals surface area contributed by atoms with Gasteiger partial charge in [-0.1, -0.05) is 66.2 Å². The van der Waals surface area contributed by atoms with E-state index in [1.165, 1.54) is 12.1 Å². The highest BCUT2D eigenvalue weighted by Crippen LogP contribution is 2.31. The largest absolute Gasteiger partial charge is 0.483 e. The van der Waals surface area contributed by atoms with E-state index >= 15 is 0 Å². The number of benzene rings is 3. The molecule has 0 saturated carbocycles. The molecule has 2 atom stereocenters. The van der Waals surface area contributed by atoms with Crippen molar-refractivity contribution < 1.29 is 31.6 Å². The van der Waals surface area contributed by atoms with Crippen molar-refractivity contribution in [1.82, 2.24) is 4.90 Å². The molecule has 1 fully saturated rings. The summed E-state index contributed by atoms with van der Waals surface area (Å²) in [5.41, 5.74) is 2.05. The number of para-hydroxylation sites is 1. The average Bonchev–Trinajstić information content (AvgIpc) is 2.92. The van der Waals surface area contributed by atoms with Crippen LogP contribution in [0.5, 0.6) is 5.75 Å². The van der Waals surface area contributed by atoms with Gasteiger partial charge in [-0.15, -0.1) is 0 Å². The molecule has 1 amide bonds. The number of hydrogen-bond donors (Lipinski definition) is 0. The predicted octanol–water partition coefficient (Wildman–Crippen LogP) is 5.70. The summed E-state index contributed by atoms with van der Waals surface area (Å²) < 4.78 is 48.9. The van der Waals surface area contributed by atoms with Crippen LogP contribution in [-0.2, 0) is 30.2 Å². The van der Waals surface area contributed by atoms with Gasteiger partial charge in [-0.3, -0.25) is 4.18 Å². The number of aryl methyl sites for hydroxylation is 1. The minimum atomic E-state index is -3.88. The van der Waals surface area contributed by atoms with E-state index in [1.54, 1.807) is 17.0 Å². The van der Waals surface area contributed by atoms with Crippen LogP contribution in [0.1, 0.15) is 43.6 Å². The van der Waals surface area contributed by atoms with Crippen molar-refractivity contribution in [3.63, 3.8) is 0 Å². The van der Waals surface area contributed by atoms with Crippen molar-refractivity contribution >= 4 is 16.2 Å². The lowest BCUT2D eigenvalue weighted by molar-refractivity contribution is -0.0838. The number of morpholine rings is 1. The molecule has 0 spiro atoms. The molecule has 4 rings (SSSR count). The topological polar surface area (TPSA) is 91.4 Å². The van der Waals surface area contributed by atoms with Crippen molar-refractivity contribution in [2.45, 2.75) is 56.8 Å². The Kier molecular flexibility index (Phi) is 9.50. The monoisotopic (exact) mass is 567 g/mol. The van der Waals surface area contributed by atoms with E-state index < -0.39 is 27.9 Å². The highest BCUT2D eigenvalue weighted by atomic mass is 32.2. The highest BCUT2D eigenvalue weighted by Gasteiger charge is 2.35. The highest BCUT2D eigenvalue weighted by molar-refractivity contribution is 7.86. The molecule has 40 heavy (non-hydrogen) atoms. The summed E-state index contributed by atoms with van der Waals surface area (Å²) in [7, 11) is -3.88. The molecule has 0 radical (unpaired) electrons. The van der Waals surface area contributed by atoms with Crippen LogP contribution in [0.2, 0.25) is 0 Å². The van der Waals surface area contributed by atoms with Crippen molar-refractivity contribution in [3.05, 3.63) is 95.6 Å². The first kappa shape index (κ1) is 29.6. The van der Waals surface area contributed by atoms with Crippen LogP contribution < -0.4 is 4.74 Å². The number of carbonyl (C=O) groups is 1. The van der Waals surface area contributed by atoms with Crippen molar-refractivity contribution in [2.24, 2.45) is 0 Å². The quantitative estimate of drug-likeness (QED) is 0.306. The molecule has 0 aliphatic carbocycles. The molecule has 9 heteroatoms. The van der Waals surface area contributed by atoms with Gasteiger partial charge in [-0.25, -0.2) is 4.79 Å². The normalized spacial score (nSPS) is 16.8. The zero-order chi connectivity index (χ0) is 28.8. The Bertz CT molecular complexity index is 1370. The molecule has 214 valence electrons. The molecule has 0 bridgehead atoms. The number of hydrogen-bond acceptors (Lipinski definition) is 7. The van der Waals surface area contributed by atoms with Gasteiger partial charge in [0.25, 0.3) is 10.1 Å². The summed E-state index contributed by atoms with van der Waals surface area (Å²) in [4.78, 5) is 14.6. The molecular formula is C31H37NO7S. The number of carbonyl (C=O) groups excluding carboxylic acids is 1. The standard InChI is InChI=1S/C31H37NO7S/c1-23-14-16-26(17-15-23)40(34,35)37-20-18-24-10-8-9-13-27(24)38-29(25-11-6-5-7-12-25)28-22-32(19-21-36-28)30(33)39-31(2,3)4/h5-17,28-29H,18-22H2,1-4H3/t28-,29-/m0/s1. The van der Waals surface area contributed by atoms with Crippen molar-refractivity contribution in [3.8, 4) is 5.75 Å². The SMILES string of the molecule is Cc1ccc(S(=O)(=O)OCCc2ccccc2O[C@@H](c2ccccc2)[C@@H]2CN(C(=O)OC(C)(C)C)CCO2)cc1. The number of nitrogens with zero attached hydrogens (tertiary/aromatic N) is 1.